The molecule has 0 aliphatic heterocycles. The van der Waals surface area contributed by atoms with Crippen molar-refractivity contribution in [3.63, 3.8) is 0 Å². The molecule has 0 aromatic heterocycles. The third kappa shape index (κ3) is 14.2. The van der Waals surface area contributed by atoms with Gasteiger partial charge in [-0.05, 0) is 25.7 Å². The van der Waals surface area contributed by atoms with Crippen LogP contribution in [0.5, 0.6) is 0 Å². The van der Waals surface area contributed by atoms with Gasteiger partial charge in [0, 0.05) is 24.7 Å². The largest absolute Gasteiger partial charge is 0.772 e. The average molecular weight is 256 g/mol. The molecule has 0 heterocycles. The summed E-state index contributed by atoms with van der Waals surface area (Å²) < 4.78 is 45.7. The molecule has 0 saturated carbocycles. The zero-order valence-electron chi connectivity index (χ0n) is 8.51. The van der Waals surface area contributed by atoms with Crippen LogP contribution in [0, 0.1) is 0 Å². The highest BCUT2D eigenvalue weighted by Gasteiger charge is 1.92. The minimum Gasteiger partial charge on any atom is -0.772 e. The van der Waals surface area contributed by atoms with E-state index in [4.69, 9.17) is 4.74 Å². The maximum Gasteiger partial charge on any atom is 0.0466 e. The molecule has 7 heteroatoms. The Kier molecular flexibility index (Phi) is 10.8. The van der Waals surface area contributed by atoms with E-state index in [0.29, 0.717) is 26.1 Å². The van der Waals surface area contributed by atoms with Crippen molar-refractivity contribution in [3.8, 4) is 0 Å². The van der Waals surface area contributed by atoms with Crippen molar-refractivity contribution < 1.29 is 22.3 Å². The Morgan fingerprint density at radius 2 is 1.20 bits per heavy atom. The first kappa shape index (κ1) is 15.2. The minimum absolute atomic E-state index is 0.179. The van der Waals surface area contributed by atoms with Gasteiger partial charge < -0.3 is 13.8 Å². The van der Waals surface area contributed by atoms with Crippen molar-refractivity contribution in [3.05, 3.63) is 0 Å². The SMILES string of the molecule is O=S([O-])CCCCOCCCCS(=O)[O-]. The second-order valence-corrected chi connectivity index (χ2v) is 5.07. The number of hydrogen-bond donors (Lipinski definition) is 0. The van der Waals surface area contributed by atoms with Crippen molar-refractivity contribution in [2.45, 2.75) is 25.7 Å². The Bertz CT molecular complexity index is 177. The Morgan fingerprint density at radius 3 is 1.53 bits per heavy atom. The molecule has 0 aliphatic carbocycles. The van der Waals surface area contributed by atoms with Crippen LogP contribution in [0.1, 0.15) is 25.7 Å². The zero-order chi connectivity index (χ0) is 11.5. The lowest BCUT2D eigenvalue weighted by Crippen LogP contribution is -2.02. The van der Waals surface area contributed by atoms with Crippen LogP contribution in [0.15, 0.2) is 0 Å². The van der Waals surface area contributed by atoms with Gasteiger partial charge in [0.1, 0.15) is 0 Å². The van der Waals surface area contributed by atoms with E-state index < -0.39 is 22.2 Å². The van der Waals surface area contributed by atoms with Gasteiger partial charge in [0.25, 0.3) is 0 Å². The van der Waals surface area contributed by atoms with Crippen LogP contribution in [0.3, 0.4) is 0 Å². The van der Waals surface area contributed by atoms with Gasteiger partial charge in [-0.15, -0.1) is 0 Å². The van der Waals surface area contributed by atoms with E-state index in [1.165, 1.54) is 0 Å². The van der Waals surface area contributed by atoms with Crippen molar-refractivity contribution in [1.82, 2.24) is 0 Å². The van der Waals surface area contributed by atoms with Crippen LogP contribution in [-0.4, -0.2) is 42.2 Å². The standard InChI is InChI=1S/C8H18O5S2/c9-14(10)7-3-1-5-13-6-2-4-8-15(11)12/h1-8H2,(H,9,10)(H,11,12)/p-2. The van der Waals surface area contributed by atoms with E-state index in [-0.39, 0.29) is 11.5 Å². The van der Waals surface area contributed by atoms with Gasteiger partial charge in [-0.2, -0.15) is 0 Å². The quantitative estimate of drug-likeness (QED) is 0.415. The molecule has 0 radical (unpaired) electrons. The summed E-state index contributed by atoms with van der Waals surface area (Å²) in [7, 11) is 0. The van der Waals surface area contributed by atoms with Crippen LogP contribution < -0.4 is 0 Å². The predicted octanol–water partition coefficient (Wildman–Crippen LogP) is 0.322. The van der Waals surface area contributed by atoms with Gasteiger partial charge in [-0.25, -0.2) is 0 Å². The lowest BCUT2D eigenvalue weighted by atomic mass is 10.3. The summed E-state index contributed by atoms with van der Waals surface area (Å²) >= 11 is -3.91. The Hall–Kier alpha value is 0.180. The lowest BCUT2D eigenvalue weighted by molar-refractivity contribution is 0.128. The first-order chi connectivity index (χ1) is 7.13. The van der Waals surface area contributed by atoms with Crippen LogP contribution in [-0.2, 0) is 26.9 Å². The molecule has 0 aromatic rings. The first-order valence-corrected chi connectivity index (χ1v) is 7.31. The van der Waals surface area contributed by atoms with Crippen molar-refractivity contribution in [1.29, 1.82) is 0 Å². The topological polar surface area (TPSA) is 89.5 Å². The molecule has 0 bridgehead atoms. The molecule has 92 valence electrons. The third-order valence-corrected chi connectivity index (χ3v) is 2.94. The Balaban J connectivity index is 2.99. The molecule has 2 atom stereocenters. The van der Waals surface area contributed by atoms with Gasteiger partial charge >= 0.3 is 0 Å². The minimum atomic E-state index is -1.96. The summed E-state index contributed by atoms with van der Waals surface area (Å²) in [6.45, 7) is 1.08. The molecule has 0 spiro atoms. The van der Waals surface area contributed by atoms with Crippen molar-refractivity contribution >= 4 is 22.2 Å². The number of hydrogen-bond acceptors (Lipinski definition) is 5. The van der Waals surface area contributed by atoms with E-state index in [9.17, 15) is 17.5 Å². The molecule has 0 saturated heterocycles. The summed E-state index contributed by atoms with van der Waals surface area (Å²) in [5.41, 5.74) is 0. The average Bonchev–Trinajstić information content (AvgIpc) is 2.14. The summed E-state index contributed by atoms with van der Waals surface area (Å²) in [6.07, 6.45) is 2.67. The molecule has 0 rings (SSSR count). The van der Waals surface area contributed by atoms with Crippen molar-refractivity contribution in [2.75, 3.05) is 24.7 Å². The van der Waals surface area contributed by atoms with E-state index in [2.05, 4.69) is 0 Å². The van der Waals surface area contributed by atoms with E-state index in [1.54, 1.807) is 0 Å². The summed E-state index contributed by atoms with van der Waals surface area (Å²) in [5.74, 6) is 0.358. The highest BCUT2D eigenvalue weighted by atomic mass is 32.2. The molecule has 2 unspecified atom stereocenters. The van der Waals surface area contributed by atoms with Crippen LogP contribution in [0.2, 0.25) is 0 Å². The fourth-order valence-corrected chi connectivity index (χ4v) is 1.83. The van der Waals surface area contributed by atoms with Crippen LogP contribution >= 0.6 is 0 Å². The fraction of sp³-hybridized carbons (Fsp3) is 1.00. The molecule has 0 amide bonds. The molecule has 0 N–H and O–H groups in total. The van der Waals surface area contributed by atoms with Crippen molar-refractivity contribution in [2.24, 2.45) is 0 Å². The van der Waals surface area contributed by atoms with Gasteiger partial charge in [-0.3, -0.25) is 8.42 Å². The molecule has 0 aliphatic rings. The number of rotatable bonds is 10. The third-order valence-electron chi connectivity index (χ3n) is 1.70. The second-order valence-electron chi connectivity index (χ2n) is 3.04. The summed E-state index contributed by atoms with van der Waals surface area (Å²) in [6, 6.07) is 0. The van der Waals surface area contributed by atoms with E-state index >= 15 is 0 Å². The van der Waals surface area contributed by atoms with Gasteiger partial charge in [-0.1, -0.05) is 22.2 Å². The summed E-state index contributed by atoms with van der Waals surface area (Å²) in [5, 5.41) is 0. The van der Waals surface area contributed by atoms with Crippen LogP contribution in [0.4, 0.5) is 0 Å². The maximum absolute atomic E-state index is 10.1. The second kappa shape index (κ2) is 10.7. The van der Waals surface area contributed by atoms with Gasteiger partial charge in [0.2, 0.25) is 0 Å². The highest BCUT2D eigenvalue weighted by molar-refractivity contribution is 7.79. The summed E-state index contributed by atoms with van der Waals surface area (Å²) in [4.78, 5) is 0. The highest BCUT2D eigenvalue weighted by Crippen LogP contribution is 1.95. The molecule has 5 nitrogen and oxygen atoms in total. The number of ether oxygens (including phenoxy) is 1. The van der Waals surface area contributed by atoms with Gasteiger partial charge in [0.05, 0.1) is 0 Å². The molecule has 0 aromatic carbocycles. The molecule has 0 fully saturated rings. The van der Waals surface area contributed by atoms with Crippen LogP contribution in [0.25, 0.3) is 0 Å². The predicted molar refractivity (Wildman–Crippen MR) is 56.9 cm³/mol. The smallest absolute Gasteiger partial charge is 0.0466 e. The number of unbranched alkanes of at least 4 members (excludes halogenated alkanes) is 2. The molecular weight excluding hydrogens is 240 g/mol. The fourth-order valence-electron chi connectivity index (χ4n) is 0.950. The maximum atomic E-state index is 10.1. The zero-order valence-corrected chi connectivity index (χ0v) is 10.1. The first-order valence-electron chi connectivity index (χ1n) is 4.82. The monoisotopic (exact) mass is 256 g/mol. The molecule has 15 heavy (non-hydrogen) atoms. The van der Waals surface area contributed by atoms with Gasteiger partial charge in [0.15, 0.2) is 0 Å². The molecular formula is C8H16O5S2-2. The normalized spacial score (nSPS) is 15.1. The lowest BCUT2D eigenvalue weighted by Gasteiger charge is -2.06. The van der Waals surface area contributed by atoms with E-state index in [1.807, 2.05) is 0 Å². The Labute approximate surface area is 95.2 Å². The van der Waals surface area contributed by atoms with E-state index in [0.717, 1.165) is 12.8 Å². The Morgan fingerprint density at radius 1 is 0.800 bits per heavy atom.